The average Bonchev–Trinajstić information content (AvgIpc) is 2.78. The maximum Gasteiger partial charge on any atom is 0.254 e. The normalized spacial score (nSPS) is 27.6. The number of aryl methyl sites for hydroxylation is 1. The molecule has 7 heteroatoms. The van der Waals surface area contributed by atoms with Gasteiger partial charge in [-0.1, -0.05) is 6.42 Å². The van der Waals surface area contributed by atoms with Gasteiger partial charge in [-0.05, 0) is 33.1 Å². The number of sulfonamides is 1. The molecule has 0 amide bonds. The number of rotatable bonds is 5. The standard InChI is InChI=1S/C14H22N2O3S2/c1-4-19-12-8-11(14(12)6-5-7-14)16(3)21(17,18)13-9-15-10(2)20-13/h9,11-12H,4-8H2,1-3H3. The molecule has 0 N–H and O–H groups in total. The van der Waals surface area contributed by atoms with Gasteiger partial charge in [-0.15, -0.1) is 11.3 Å². The smallest absolute Gasteiger partial charge is 0.254 e. The molecule has 0 saturated heterocycles. The zero-order valence-electron chi connectivity index (χ0n) is 12.7. The summed E-state index contributed by atoms with van der Waals surface area (Å²) in [6, 6.07) is 0.0650. The van der Waals surface area contributed by atoms with Crippen molar-refractivity contribution in [2.75, 3.05) is 13.7 Å². The molecule has 1 aromatic heterocycles. The van der Waals surface area contributed by atoms with Crippen molar-refractivity contribution in [2.24, 2.45) is 5.41 Å². The molecule has 2 aliphatic carbocycles. The Hall–Kier alpha value is -0.500. The van der Waals surface area contributed by atoms with E-state index in [1.807, 2.05) is 13.8 Å². The van der Waals surface area contributed by atoms with E-state index in [0.717, 1.165) is 24.3 Å². The fraction of sp³-hybridized carbons (Fsp3) is 0.786. The van der Waals surface area contributed by atoms with Crippen molar-refractivity contribution in [3.8, 4) is 0 Å². The van der Waals surface area contributed by atoms with E-state index in [0.29, 0.717) is 10.8 Å². The van der Waals surface area contributed by atoms with Crippen molar-refractivity contribution in [3.05, 3.63) is 11.2 Å². The summed E-state index contributed by atoms with van der Waals surface area (Å²) in [4.78, 5) is 4.07. The lowest BCUT2D eigenvalue weighted by Crippen LogP contribution is -2.67. The predicted octanol–water partition coefficient (Wildman–Crippen LogP) is 2.42. The molecule has 2 fully saturated rings. The number of aromatic nitrogens is 1. The van der Waals surface area contributed by atoms with Gasteiger partial charge in [0, 0.05) is 25.1 Å². The minimum Gasteiger partial charge on any atom is -0.378 e. The molecule has 2 unspecified atom stereocenters. The van der Waals surface area contributed by atoms with Crippen molar-refractivity contribution in [1.29, 1.82) is 0 Å². The van der Waals surface area contributed by atoms with Gasteiger partial charge >= 0.3 is 0 Å². The Balaban J connectivity index is 1.81. The van der Waals surface area contributed by atoms with Gasteiger partial charge in [-0.25, -0.2) is 13.4 Å². The summed E-state index contributed by atoms with van der Waals surface area (Å²) in [6.45, 7) is 4.52. The first-order valence-electron chi connectivity index (χ1n) is 7.44. The largest absolute Gasteiger partial charge is 0.378 e. The van der Waals surface area contributed by atoms with Crippen LogP contribution in [0.25, 0.3) is 0 Å². The summed E-state index contributed by atoms with van der Waals surface area (Å²) in [6.07, 6.45) is 5.82. The SMILES string of the molecule is CCOC1CC(N(C)S(=O)(=O)c2cnc(C)s2)C12CCC2. The third kappa shape index (κ3) is 2.25. The number of thiazole rings is 1. The molecule has 3 rings (SSSR count). The third-order valence-electron chi connectivity index (χ3n) is 5.07. The summed E-state index contributed by atoms with van der Waals surface area (Å²) in [7, 11) is -1.72. The minimum absolute atomic E-state index is 0.0531. The van der Waals surface area contributed by atoms with Gasteiger partial charge in [0.05, 0.1) is 17.3 Å². The van der Waals surface area contributed by atoms with E-state index in [1.54, 1.807) is 11.4 Å². The van der Waals surface area contributed by atoms with Gasteiger partial charge in [0.1, 0.15) is 0 Å². The molecule has 5 nitrogen and oxygen atoms in total. The van der Waals surface area contributed by atoms with Crippen molar-refractivity contribution in [1.82, 2.24) is 9.29 Å². The van der Waals surface area contributed by atoms with Crippen molar-refractivity contribution in [2.45, 2.75) is 55.9 Å². The molecule has 0 radical (unpaired) electrons. The van der Waals surface area contributed by atoms with E-state index in [9.17, 15) is 8.42 Å². The maximum atomic E-state index is 12.7. The van der Waals surface area contributed by atoms with Crippen LogP contribution in [0.5, 0.6) is 0 Å². The fourth-order valence-electron chi connectivity index (χ4n) is 3.68. The van der Waals surface area contributed by atoms with Crippen LogP contribution in [0.2, 0.25) is 0 Å². The molecular formula is C14H22N2O3S2. The van der Waals surface area contributed by atoms with Gasteiger partial charge in [-0.2, -0.15) is 4.31 Å². The molecule has 2 saturated carbocycles. The van der Waals surface area contributed by atoms with Gasteiger partial charge in [-0.3, -0.25) is 0 Å². The lowest BCUT2D eigenvalue weighted by molar-refractivity contribution is -0.187. The molecule has 0 aliphatic heterocycles. The van der Waals surface area contributed by atoms with Crippen molar-refractivity contribution in [3.63, 3.8) is 0 Å². The van der Waals surface area contributed by atoms with E-state index in [2.05, 4.69) is 4.98 Å². The molecule has 0 aromatic carbocycles. The molecule has 1 spiro atoms. The predicted molar refractivity (Wildman–Crippen MR) is 81.9 cm³/mol. The molecule has 2 atom stereocenters. The molecule has 2 aliphatic rings. The van der Waals surface area contributed by atoms with Crippen LogP contribution < -0.4 is 0 Å². The third-order valence-corrected chi connectivity index (χ3v) is 8.28. The van der Waals surface area contributed by atoms with Gasteiger partial charge in [0.2, 0.25) is 0 Å². The van der Waals surface area contributed by atoms with Crippen LogP contribution in [-0.4, -0.2) is 43.5 Å². The summed E-state index contributed by atoms with van der Waals surface area (Å²) < 4.78 is 33.2. The maximum absolute atomic E-state index is 12.7. The van der Waals surface area contributed by atoms with Gasteiger partial charge in [0.15, 0.2) is 4.21 Å². The van der Waals surface area contributed by atoms with E-state index in [-0.39, 0.29) is 17.6 Å². The zero-order chi connectivity index (χ0) is 15.3. The van der Waals surface area contributed by atoms with Crippen LogP contribution in [0.1, 0.15) is 37.6 Å². The Morgan fingerprint density at radius 2 is 2.24 bits per heavy atom. The van der Waals surface area contributed by atoms with E-state index >= 15 is 0 Å². The highest BCUT2D eigenvalue weighted by Gasteiger charge is 2.61. The number of hydrogen-bond donors (Lipinski definition) is 0. The second-order valence-electron chi connectivity index (χ2n) is 6.00. The summed E-state index contributed by atoms with van der Waals surface area (Å²) in [5.41, 5.74) is 0.0531. The van der Waals surface area contributed by atoms with Crippen LogP contribution in [-0.2, 0) is 14.8 Å². The van der Waals surface area contributed by atoms with Gasteiger partial charge < -0.3 is 4.74 Å². The topological polar surface area (TPSA) is 59.5 Å². The summed E-state index contributed by atoms with van der Waals surface area (Å²) in [5.74, 6) is 0. The Morgan fingerprint density at radius 1 is 1.52 bits per heavy atom. The highest BCUT2D eigenvalue weighted by molar-refractivity contribution is 7.91. The van der Waals surface area contributed by atoms with E-state index < -0.39 is 10.0 Å². The van der Waals surface area contributed by atoms with Crippen LogP contribution >= 0.6 is 11.3 Å². The molecule has 1 aromatic rings. The summed E-state index contributed by atoms with van der Waals surface area (Å²) in [5, 5.41) is 0.779. The molecule has 118 valence electrons. The van der Waals surface area contributed by atoms with Crippen LogP contribution in [0, 0.1) is 12.3 Å². The lowest BCUT2D eigenvalue weighted by Gasteiger charge is -2.62. The highest BCUT2D eigenvalue weighted by Crippen LogP contribution is 2.59. The fourth-order valence-corrected chi connectivity index (χ4v) is 6.42. The molecule has 0 bridgehead atoms. The van der Waals surface area contributed by atoms with Crippen molar-refractivity contribution < 1.29 is 13.2 Å². The number of ether oxygens (including phenoxy) is 1. The minimum atomic E-state index is -3.43. The number of nitrogens with zero attached hydrogens (tertiary/aromatic N) is 2. The molecule has 21 heavy (non-hydrogen) atoms. The molecular weight excluding hydrogens is 308 g/mol. The lowest BCUT2D eigenvalue weighted by atomic mass is 9.51. The monoisotopic (exact) mass is 330 g/mol. The Kier molecular flexibility index (Phi) is 3.88. The average molecular weight is 330 g/mol. The van der Waals surface area contributed by atoms with Crippen LogP contribution in [0.15, 0.2) is 10.4 Å². The van der Waals surface area contributed by atoms with E-state index in [1.165, 1.54) is 24.0 Å². The van der Waals surface area contributed by atoms with Gasteiger partial charge in [0.25, 0.3) is 10.0 Å². The number of hydrogen-bond acceptors (Lipinski definition) is 5. The second-order valence-corrected chi connectivity index (χ2v) is 9.46. The van der Waals surface area contributed by atoms with Crippen LogP contribution in [0.3, 0.4) is 0 Å². The first-order chi connectivity index (χ1) is 9.91. The summed E-state index contributed by atoms with van der Waals surface area (Å²) >= 11 is 1.24. The first kappa shape index (κ1) is 15.4. The van der Waals surface area contributed by atoms with E-state index in [4.69, 9.17) is 4.74 Å². The quantitative estimate of drug-likeness (QED) is 0.832. The Morgan fingerprint density at radius 3 is 2.71 bits per heavy atom. The second kappa shape index (κ2) is 5.30. The van der Waals surface area contributed by atoms with Crippen LogP contribution in [0.4, 0.5) is 0 Å². The zero-order valence-corrected chi connectivity index (χ0v) is 14.3. The Labute approximate surface area is 130 Å². The Bertz CT molecular complexity index is 622. The first-order valence-corrected chi connectivity index (χ1v) is 9.69. The molecule has 1 heterocycles. The highest BCUT2D eigenvalue weighted by atomic mass is 32.2. The van der Waals surface area contributed by atoms with Crippen molar-refractivity contribution >= 4 is 21.4 Å².